The van der Waals surface area contributed by atoms with Crippen LogP contribution in [0.2, 0.25) is 0 Å². The number of aryl methyl sites for hydroxylation is 1. The van der Waals surface area contributed by atoms with Crippen LogP contribution in [0.4, 0.5) is 10.5 Å². The van der Waals surface area contributed by atoms with Gasteiger partial charge in [0.1, 0.15) is 6.61 Å². The number of benzene rings is 3. The Morgan fingerprint density at radius 3 is 2.17 bits per heavy atom. The van der Waals surface area contributed by atoms with E-state index in [-0.39, 0.29) is 30.4 Å². The number of carbonyl (C=O) groups is 3. The molecule has 0 saturated heterocycles. The van der Waals surface area contributed by atoms with E-state index < -0.39 is 18.1 Å². The quantitative estimate of drug-likeness (QED) is 0.411. The Labute approximate surface area is 204 Å². The van der Waals surface area contributed by atoms with E-state index in [0.29, 0.717) is 17.7 Å². The zero-order valence-corrected chi connectivity index (χ0v) is 19.7. The van der Waals surface area contributed by atoms with Gasteiger partial charge >= 0.3 is 12.1 Å². The molecule has 7 nitrogen and oxygen atoms in total. The molecule has 4 rings (SSSR count). The van der Waals surface area contributed by atoms with E-state index in [9.17, 15) is 14.4 Å². The molecule has 1 unspecified atom stereocenters. The zero-order chi connectivity index (χ0) is 24.9. The number of nitrogens with one attached hydrogen (secondary N) is 2. The molecule has 3 N–H and O–H groups in total. The van der Waals surface area contributed by atoms with Gasteiger partial charge in [0, 0.05) is 24.1 Å². The molecule has 0 radical (unpaired) electrons. The number of hydrogen-bond donors (Lipinski definition) is 3. The summed E-state index contributed by atoms with van der Waals surface area (Å²) in [4.78, 5) is 36.2. The standard InChI is InChI=1S/C28H28N2O5/c1-3-18(15-26(31)29-19-12-13-20(27(32)33)17(2)14-19)30-28(34)35-16-25-23-10-6-4-8-21(23)22-9-5-7-11-24(22)25/h4-14,18,25H,3,15-16H2,1-2H3,(H,29,31)(H,30,34)(H,32,33). The number of amides is 2. The predicted octanol–water partition coefficient (Wildman–Crippen LogP) is 5.34. The highest BCUT2D eigenvalue weighted by Gasteiger charge is 2.29. The lowest BCUT2D eigenvalue weighted by molar-refractivity contribution is -0.116. The van der Waals surface area contributed by atoms with Crippen LogP contribution < -0.4 is 10.6 Å². The van der Waals surface area contributed by atoms with Gasteiger partial charge in [-0.3, -0.25) is 4.79 Å². The third-order valence-electron chi connectivity index (χ3n) is 6.33. The predicted molar refractivity (Wildman–Crippen MR) is 134 cm³/mol. The Bertz CT molecular complexity index is 1220. The number of ether oxygens (including phenoxy) is 1. The van der Waals surface area contributed by atoms with Crippen molar-refractivity contribution in [2.45, 2.75) is 38.6 Å². The van der Waals surface area contributed by atoms with Crippen molar-refractivity contribution in [3.8, 4) is 11.1 Å². The van der Waals surface area contributed by atoms with Crippen molar-refractivity contribution in [3.05, 3.63) is 89.0 Å². The fourth-order valence-corrected chi connectivity index (χ4v) is 4.52. The maximum atomic E-state index is 12.6. The minimum absolute atomic E-state index is 0.0338. The van der Waals surface area contributed by atoms with Crippen molar-refractivity contribution >= 4 is 23.7 Å². The maximum absolute atomic E-state index is 12.6. The van der Waals surface area contributed by atoms with Gasteiger partial charge in [-0.05, 0) is 59.4 Å². The second kappa shape index (κ2) is 10.4. The largest absolute Gasteiger partial charge is 0.478 e. The molecular weight excluding hydrogens is 444 g/mol. The van der Waals surface area contributed by atoms with Crippen LogP contribution in [0, 0.1) is 6.92 Å². The van der Waals surface area contributed by atoms with Gasteiger partial charge in [-0.15, -0.1) is 0 Å². The molecule has 1 aliphatic rings. The fourth-order valence-electron chi connectivity index (χ4n) is 4.52. The number of rotatable bonds is 8. The van der Waals surface area contributed by atoms with E-state index in [0.717, 1.165) is 22.3 Å². The van der Waals surface area contributed by atoms with Gasteiger partial charge in [-0.2, -0.15) is 0 Å². The van der Waals surface area contributed by atoms with Crippen molar-refractivity contribution in [1.29, 1.82) is 0 Å². The third-order valence-corrected chi connectivity index (χ3v) is 6.33. The fraction of sp³-hybridized carbons (Fsp3) is 0.250. The van der Waals surface area contributed by atoms with Gasteiger partial charge in [0.2, 0.25) is 5.91 Å². The van der Waals surface area contributed by atoms with Crippen LogP contribution in [-0.4, -0.2) is 35.7 Å². The lowest BCUT2D eigenvalue weighted by atomic mass is 9.98. The number of carboxylic acids is 1. The van der Waals surface area contributed by atoms with E-state index in [1.807, 2.05) is 31.2 Å². The second-order valence-electron chi connectivity index (χ2n) is 8.66. The lowest BCUT2D eigenvalue weighted by Crippen LogP contribution is -2.38. The summed E-state index contributed by atoms with van der Waals surface area (Å²) >= 11 is 0. The van der Waals surface area contributed by atoms with Crippen molar-refractivity contribution in [2.24, 2.45) is 0 Å². The van der Waals surface area contributed by atoms with Gasteiger partial charge in [0.05, 0.1) is 5.56 Å². The number of hydrogen-bond acceptors (Lipinski definition) is 4. The van der Waals surface area contributed by atoms with E-state index in [1.54, 1.807) is 19.1 Å². The first-order valence-corrected chi connectivity index (χ1v) is 11.6. The van der Waals surface area contributed by atoms with E-state index in [4.69, 9.17) is 9.84 Å². The first-order chi connectivity index (χ1) is 16.9. The van der Waals surface area contributed by atoms with Crippen molar-refractivity contribution in [3.63, 3.8) is 0 Å². The highest BCUT2D eigenvalue weighted by molar-refractivity contribution is 5.94. The summed E-state index contributed by atoms with van der Waals surface area (Å²) in [5.74, 6) is -1.33. The topological polar surface area (TPSA) is 105 Å². The summed E-state index contributed by atoms with van der Waals surface area (Å²) in [6.45, 7) is 3.76. The summed E-state index contributed by atoms with van der Waals surface area (Å²) in [6.07, 6.45) is 0.0582. The SMILES string of the molecule is CCC(CC(=O)Nc1ccc(C(=O)O)c(C)c1)NC(=O)OCC1c2ccccc2-c2ccccc21. The highest BCUT2D eigenvalue weighted by atomic mass is 16.5. The highest BCUT2D eigenvalue weighted by Crippen LogP contribution is 2.44. The van der Waals surface area contributed by atoms with Gasteiger partial charge < -0.3 is 20.5 Å². The molecule has 0 bridgehead atoms. The van der Waals surface area contributed by atoms with Crippen LogP contribution in [0.25, 0.3) is 11.1 Å². The summed E-state index contributed by atoms with van der Waals surface area (Å²) in [6, 6.07) is 20.5. The molecular formula is C28H28N2O5. The molecule has 0 aromatic heterocycles. The van der Waals surface area contributed by atoms with Crippen molar-refractivity contribution in [2.75, 3.05) is 11.9 Å². The first kappa shape index (κ1) is 24.0. The van der Waals surface area contributed by atoms with Crippen LogP contribution in [0.15, 0.2) is 66.7 Å². The molecule has 0 heterocycles. The number of alkyl carbamates (subject to hydrolysis) is 1. The second-order valence-corrected chi connectivity index (χ2v) is 8.66. The molecule has 35 heavy (non-hydrogen) atoms. The molecule has 180 valence electrons. The Morgan fingerprint density at radius 1 is 0.971 bits per heavy atom. The normalized spacial score (nSPS) is 12.9. The number of fused-ring (bicyclic) bond motifs is 3. The van der Waals surface area contributed by atoms with Crippen LogP contribution in [-0.2, 0) is 9.53 Å². The van der Waals surface area contributed by atoms with Gasteiger partial charge in [-0.1, -0.05) is 55.5 Å². The molecule has 3 aromatic carbocycles. The number of carboxylic acid groups (broad SMARTS) is 1. The van der Waals surface area contributed by atoms with Crippen LogP contribution in [0.1, 0.15) is 52.7 Å². The number of anilines is 1. The Balaban J connectivity index is 1.33. The molecule has 0 saturated carbocycles. The van der Waals surface area contributed by atoms with Crippen LogP contribution >= 0.6 is 0 Å². The minimum Gasteiger partial charge on any atom is -0.478 e. The Morgan fingerprint density at radius 2 is 1.60 bits per heavy atom. The maximum Gasteiger partial charge on any atom is 0.407 e. The zero-order valence-electron chi connectivity index (χ0n) is 19.7. The van der Waals surface area contributed by atoms with Crippen molar-refractivity contribution < 1.29 is 24.2 Å². The van der Waals surface area contributed by atoms with Gasteiger partial charge in [-0.25, -0.2) is 9.59 Å². The minimum atomic E-state index is -1.02. The first-order valence-electron chi connectivity index (χ1n) is 11.6. The summed E-state index contributed by atoms with van der Waals surface area (Å²) < 4.78 is 5.59. The summed E-state index contributed by atoms with van der Waals surface area (Å²) in [7, 11) is 0. The Kier molecular flexibility index (Phi) is 7.15. The average molecular weight is 473 g/mol. The molecule has 1 atom stereocenters. The van der Waals surface area contributed by atoms with Gasteiger partial charge in [0.15, 0.2) is 0 Å². The van der Waals surface area contributed by atoms with Gasteiger partial charge in [0.25, 0.3) is 0 Å². The molecule has 1 aliphatic carbocycles. The average Bonchev–Trinajstić information content (AvgIpc) is 3.16. The summed E-state index contributed by atoms with van der Waals surface area (Å²) in [5, 5.41) is 14.7. The molecule has 7 heteroatoms. The molecule has 3 aromatic rings. The van der Waals surface area contributed by atoms with E-state index in [2.05, 4.69) is 34.9 Å². The monoisotopic (exact) mass is 472 g/mol. The van der Waals surface area contributed by atoms with E-state index >= 15 is 0 Å². The molecule has 2 amide bonds. The van der Waals surface area contributed by atoms with Crippen molar-refractivity contribution in [1.82, 2.24) is 5.32 Å². The summed E-state index contributed by atoms with van der Waals surface area (Å²) in [5.41, 5.74) is 5.84. The molecule has 0 spiro atoms. The van der Waals surface area contributed by atoms with Crippen LogP contribution in [0.5, 0.6) is 0 Å². The molecule has 0 aliphatic heterocycles. The van der Waals surface area contributed by atoms with E-state index in [1.165, 1.54) is 6.07 Å². The smallest absolute Gasteiger partial charge is 0.407 e. The third kappa shape index (κ3) is 5.35. The molecule has 0 fully saturated rings. The number of aromatic carboxylic acids is 1. The number of carbonyl (C=O) groups excluding carboxylic acids is 2. The Hall–Kier alpha value is -4.13. The lowest BCUT2D eigenvalue weighted by Gasteiger charge is -2.19. The van der Waals surface area contributed by atoms with Crippen LogP contribution in [0.3, 0.4) is 0 Å².